The van der Waals surface area contributed by atoms with Crippen molar-refractivity contribution in [1.29, 1.82) is 0 Å². The molecule has 5 heteroatoms. The molecule has 2 amide bonds. The van der Waals surface area contributed by atoms with Gasteiger partial charge in [-0.2, -0.15) is 0 Å². The zero-order valence-corrected chi connectivity index (χ0v) is 18.2. The molecule has 4 rings (SSSR count). The molecule has 0 radical (unpaired) electrons. The van der Waals surface area contributed by atoms with Crippen molar-refractivity contribution in [3.63, 3.8) is 0 Å². The van der Waals surface area contributed by atoms with Crippen LogP contribution in [-0.2, 0) is 12.1 Å². The number of urea groups is 1. The number of nitrogens with zero attached hydrogens (tertiary/aromatic N) is 2. The summed E-state index contributed by atoms with van der Waals surface area (Å²) >= 11 is 6.46. The molecule has 2 aliphatic rings. The Hall–Kier alpha value is -2.20. The number of halogens is 1. The van der Waals surface area contributed by atoms with Crippen LogP contribution in [-0.4, -0.2) is 24.6 Å². The molecule has 1 atom stereocenters. The Bertz CT molecular complexity index is 894. The van der Waals surface area contributed by atoms with Gasteiger partial charge in [-0.3, -0.25) is 4.90 Å². The second-order valence-electron chi connectivity index (χ2n) is 8.07. The molecule has 0 saturated heterocycles. The maximum absolute atomic E-state index is 13.7. The topological polar surface area (TPSA) is 32.8 Å². The van der Waals surface area contributed by atoms with Crippen molar-refractivity contribution in [2.45, 2.75) is 51.6 Å². The maximum Gasteiger partial charge on any atom is 0.325 e. The lowest BCUT2D eigenvalue weighted by Crippen LogP contribution is -2.59. The Balaban J connectivity index is 1.81. The first-order valence-corrected chi connectivity index (χ1v) is 10.9. The number of hydrogen-bond acceptors (Lipinski definition) is 2. The van der Waals surface area contributed by atoms with Gasteiger partial charge in [0.2, 0.25) is 0 Å². The van der Waals surface area contributed by atoms with Crippen LogP contribution in [0.25, 0.3) is 0 Å². The highest BCUT2D eigenvalue weighted by Gasteiger charge is 2.55. The first kappa shape index (κ1) is 20.1. The number of fused-ring (bicyclic) bond motifs is 1. The number of amides is 2. The van der Waals surface area contributed by atoms with E-state index in [2.05, 4.69) is 24.8 Å². The number of methoxy groups -OCH3 is 1. The summed E-state index contributed by atoms with van der Waals surface area (Å²) in [5.41, 5.74) is 3.05. The highest BCUT2D eigenvalue weighted by atomic mass is 35.5. The van der Waals surface area contributed by atoms with Crippen LogP contribution in [0.2, 0.25) is 5.02 Å². The van der Waals surface area contributed by atoms with Crippen LogP contribution in [0.5, 0.6) is 5.75 Å². The molecule has 2 aromatic rings. The van der Waals surface area contributed by atoms with E-state index in [-0.39, 0.29) is 11.6 Å². The first-order valence-electron chi connectivity index (χ1n) is 10.6. The number of benzene rings is 2. The predicted molar refractivity (Wildman–Crippen MR) is 118 cm³/mol. The van der Waals surface area contributed by atoms with Gasteiger partial charge in [0.1, 0.15) is 5.75 Å². The summed E-state index contributed by atoms with van der Waals surface area (Å²) in [4.78, 5) is 17.8. The van der Waals surface area contributed by atoms with Gasteiger partial charge in [-0.15, -0.1) is 0 Å². The molecule has 1 aliphatic heterocycles. The van der Waals surface area contributed by atoms with Gasteiger partial charge >= 0.3 is 6.03 Å². The van der Waals surface area contributed by atoms with Crippen molar-refractivity contribution in [3.8, 4) is 5.75 Å². The lowest BCUT2D eigenvalue weighted by molar-refractivity contribution is 0.0836. The molecule has 1 fully saturated rings. The molecule has 2 aromatic carbocycles. The number of ether oxygens (including phenoxy) is 1. The maximum atomic E-state index is 13.7. The van der Waals surface area contributed by atoms with Gasteiger partial charge in [-0.05, 0) is 68.0 Å². The Morgan fingerprint density at radius 1 is 1.14 bits per heavy atom. The zero-order valence-electron chi connectivity index (χ0n) is 17.5. The summed E-state index contributed by atoms with van der Waals surface area (Å²) in [5, 5.41) is 0.736. The highest BCUT2D eigenvalue weighted by Crippen LogP contribution is 2.57. The third kappa shape index (κ3) is 3.38. The van der Waals surface area contributed by atoms with Crippen LogP contribution in [0, 0.1) is 5.92 Å². The number of rotatable bonds is 7. The van der Waals surface area contributed by atoms with Gasteiger partial charge < -0.3 is 9.64 Å². The van der Waals surface area contributed by atoms with Crippen LogP contribution in [0.1, 0.15) is 50.7 Å². The predicted octanol–water partition coefficient (Wildman–Crippen LogP) is 6.22. The molecule has 1 saturated carbocycles. The summed E-state index contributed by atoms with van der Waals surface area (Å²) in [6, 6.07) is 14.0. The average Bonchev–Trinajstić information content (AvgIpc) is 3.57. The lowest BCUT2D eigenvalue weighted by Gasteiger charge is -2.52. The molecule has 1 unspecified atom stereocenters. The van der Waals surface area contributed by atoms with Crippen molar-refractivity contribution in [2.75, 3.05) is 18.6 Å². The molecule has 1 aliphatic carbocycles. The summed E-state index contributed by atoms with van der Waals surface area (Å²) in [6.45, 7) is 5.52. The number of anilines is 1. The molecule has 0 N–H and O–H groups in total. The lowest BCUT2D eigenvalue weighted by atomic mass is 9.76. The van der Waals surface area contributed by atoms with Gasteiger partial charge in [-0.1, -0.05) is 37.1 Å². The zero-order chi connectivity index (χ0) is 20.6. The molecule has 0 spiro atoms. The molecule has 1 heterocycles. The van der Waals surface area contributed by atoms with Crippen LogP contribution >= 0.6 is 11.6 Å². The largest absolute Gasteiger partial charge is 0.497 e. The van der Waals surface area contributed by atoms with E-state index in [1.807, 2.05) is 41.3 Å². The van der Waals surface area contributed by atoms with Crippen molar-refractivity contribution >= 4 is 23.3 Å². The number of hydrogen-bond donors (Lipinski definition) is 0. The van der Waals surface area contributed by atoms with Gasteiger partial charge in [0.05, 0.1) is 24.9 Å². The van der Waals surface area contributed by atoms with Gasteiger partial charge in [0.25, 0.3) is 0 Å². The van der Waals surface area contributed by atoms with E-state index in [0.29, 0.717) is 19.0 Å². The SMILES string of the molecule is CCCC1(C2CC2)c2cc(Cl)ccc2N(Cc2ccc(OC)cc2)C(=O)N1CC. The van der Waals surface area contributed by atoms with Crippen molar-refractivity contribution in [2.24, 2.45) is 5.92 Å². The van der Waals surface area contributed by atoms with Gasteiger partial charge in [0.15, 0.2) is 0 Å². The van der Waals surface area contributed by atoms with Crippen LogP contribution in [0.4, 0.5) is 10.5 Å². The fraction of sp³-hybridized carbons (Fsp3) is 0.458. The van der Waals surface area contributed by atoms with Crippen LogP contribution in [0.3, 0.4) is 0 Å². The minimum absolute atomic E-state index is 0.0958. The van der Waals surface area contributed by atoms with Crippen molar-refractivity contribution < 1.29 is 9.53 Å². The molecular weight excluding hydrogens is 384 g/mol. The van der Waals surface area contributed by atoms with Crippen molar-refractivity contribution in [1.82, 2.24) is 4.90 Å². The van der Waals surface area contributed by atoms with Gasteiger partial charge in [0, 0.05) is 17.1 Å². The monoisotopic (exact) mass is 412 g/mol. The highest BCUT2D eigenvalue weighted by molar-refractivity contribution is 6.30. The minimum Gasteiger partial charge on any atom is -0.497 e. The fourth-order valence-electron chi connectivity index (χ4n) is 5.00. The Labute approximate surface area is 178 Å². The number of carbonyl (C=O) groups excluding carboxylic acids is 1. The molecule has 29 heavy (non-hydrogen) atoms. The quantitative estimate of drug-likeness (QED) is 0.541. The number of carbonyl (C=O) groups is 1. The second-order valence-corrected chi connectivity index (χ2v) is 8.51. The van der Waals surface area contributed by atoms with Crippen LogP contribution in [0.15, 0.2) is 42.5 Å². The average molecular weight is 413 g/mol. The summed E-state index contributed by atoms with van der Waals surface area (Å²) < 4.78 is 5.27. The molecule has 154 valence electrons. The molecule has 0 aromatic heterocycles. The first-order chi connectivity index (χ1) is 14.0. The van der Waals surface area contributed by atoms with Gasteiger partial charge in [-0.25, -0.2) is 4.79 Å². The standard InChI is InChI=1S/C24H29ClN2O2/c1-4-14-24(18-8-9-18)21-15-19(25)10-13-22(21)26(23(28)27(24)5-2)16-17-6-11-20(29-3)12-7-17/h6-7,10-13,15,18H,4-5,8-9,14,16H2,1-3H3. The summed E-state index contributed by atoms with van der Waals surface area (Å²) in [6.07, 6.45) is 4.36. The van der Waals surface area contributed by atoms with Crippen LogP contribution < -0.4 is 9.64 Å². The third-order valence-corrected chi connectivity index (χ3v) is 6.59. The molecule has 4 nitrogen and oxygen atoms in total. The van der Waals surface area contributed by atoms with E-state index in [1.165, 1.54) is 18.4 Å². The minimum atomic E-state index is -0.239. The Morgan fingerprint density at radius 2 is 1.86 bits per heavy atom. The normalized spacial score (nSPS) is 21.3. The van der Waals surface area contributed by atoms with E-state index in [4.69, 9.17) is 16.3 Å². The summed E-state index contributed by atoms with van der Waals surface area (Å²) in [5.74, 6) is 1.34. The van der Waals surface area contributed by atoms with E-state index in [0.717, 1.165) is 34.9 Å². The van der Waals surface area contributed by atoms with E-state index < -0.39 is 0 Å². The third-order valence-electron chi connectivity index (χ3n) is 6.36. The Morgan fingerprint density at radius 3 is 2.45 bits per heavy atom. The second kappa shape index (κ2) is 7.91. The molecule has 0 bridgehead atoms. The molecular formula is C24H29ClN2O2. The smallest absolute Gasteiger partial charge is 0.325 e. The van der Waals surface area contributed by atoms with E-state index in [1.54, 1.807) is 7.11 Å². The van der Waals surface area contributed by atoms with E-state index >= 15 is 0 Å². The summed E-state index contributed by atoms with van der Waals surface area (Å²) in [7, 11) is 1.66. The van der Waals surface area contributed by atoms with E-state index in [9.17, 15) is 4.79 Å². The van der Waals surface area contributed by atoms with Crippen molar-refractivity contribution in [3.05, 3.63) is 58.6 Å². The fourth-order valence-corrected chi connectivity index (χ4v) is 5.17. The Kier molecular flexibility index (Phi) is 5.48.